The highest BCUT2D eigenvalue weighted by Gasteiger charge is 2.35. The van der Waals surface area contributed by atoms with Crippen LogP contribution in [0, 0.1) is 0 Å². The second kappa shape index (κ2) is 5.44. The molecule has 0 aliphatic heterocycles. The molecular formula is C13H14F3N3. The molecule has 0 amide bonds. The van der Waals surface area contributed by atoms with Crippen molar-refractivity contribution in [1.29, 1.82) is 0 Å². The first-order valence-electron chi connectivity index (χ1n) is 5.92. The average Bonchev–Trinajstić information content (AvgIpc) is 2.88. The molecule has 0 radical (unpaired) electrons. The van der Waals surface area contributed by atoms with E-state index in [9.17, 15) is 13.2 Å². The molecule has 1 unspecified atom stereocenters. The smallest absolute Gasteiger partial charge is 0.347 e. The van der Waals surface area contributed by atoms with Gasteiger partial charge < -0.3 is 10.3 Å². The highest BCUT2D eigenvalue weighted by molar-refractivity contribution is 5.35. The van der Waals surface area contributed by atoms with Gasteiger partial charge in [-0.3, -0.25) is 0 Å². The molecule has 102 valence electrons. The van der Waals surface area contributed by atoms with Crippen molar-refractivity contribution in [1.82, 2.24) is 15.3 Å². The molecule has 19 heavy (non-hydrogen) atoms. The molecule has 6 heteroatoms. The van der Waals surface area contributed by atoms with Gasteiger partial charge in [0.2, 0.25) is 0 Å². The summed E-state index contributed by atoms with van der Waals surface area (Å²) in [5, 5.41) is 3.02. The minimum absolute atomic E-state index is 0.173. The van der Waals surface area contributed by atoms with Crippen LogP contribution in [-0.2, 0) is 6.18 Å². The fourth-order valence-corrected chi connectivity index (χ4v) is 2.00. The summed E-state index contributed by atoms with van der Waals surface area (Å²) in [4.78, 5) is 6.91. The van der Waals surface area contributed by atoms with Crippen LogP contribution in [0.15, 0.2) is 36.7 Å². The number of halogens is 3. The predicted octanol–water partition coefficient (Wildman–Crippen LogP) is 3.13. The van der Waals surface area contributed by atoms with E-state index in [1.54, 1.807) is 12.3 Å². The third-order valence-corrected chi connectivity index (χ3v) is 2.78. The number of nitrogens with one attached hydrogen (secondary N) is 2. The van der Waals surface area contributed by atoms with Crippen molar-refractivity contribution in [3.8, 4) is 0 Å². The zero-order valence-electron chi connectivity index (χ0n) is 10.3. The normalized spacial score (nSPS) is 13.5. The molecule has 1 aromatic carbocycles. The molecule has 0 aliphatic carbocycles. The van der Waals surface area contributed by atoms with Gasteiger partial charge in [-0.05, 0) is 18.2 Å². The number of aromatic nitrogens is 2. The van der Waals surface area contributed by atoms with E-state index in [-0.39, 0.29) is 5.56 Å². The van der Waals surface area contributed by atoms with Gasteiger partial charge in [0.15, 0.2) is 0 Å². The molecule has 0 fully saturated rings. The van der Waals surface area contributed by atoms with Crippen LogP contribution in [0.5, 0.6) is 0 Å². The Bertz CT molecular complexity index is 520. The zero-order valence-corrected chi connectivity index (χ0v) is 10.3. The molecule has 0 bridgehead atoms. The zero-order chi connectivity index (χ0) is 13.9. The fraction of sp³-hybridized carbons (Fsp3) is 0.308. The quantitative estimate of drug-likeness (QED) is 0.895. The van der Waals surface area contributed by atoms with Crippen molar-refractivity contribution in [3.63, 3.8) is 0 Å². The molecule has 2 N–H and O–H groups in total. The Morgan fingerprint density at radius 2 is 2.05 bits per heavy atom. The van der Waals surface area contributed by atoms with Gasteiger partial charge >= 0.3 is 6.18 Å². The second-order valence-electron chi connectivity index (χ2n) is 4.05. The van der Waals surface area contributed by atoms with E-state index in [0.29, 0.717) is 12.4 Å². The molecule has 0 aliphatic rings. The van der Waals surface area contributed by atoms with Gasteiger partial charge in [0, 0.05) is 12.4 Å². The number of benzene rings is 1. The number of H-pyrrole nitrogens is 1. The molecular weight excluding hydrogens is 255 g/mol. The number of nitrogens with zero attached hydrogens (tertiary/aromatic N) is 1. The van der Waals surface area contributed by atoms with Gasteiger partial charge in [0.05, 0.1) is 11.6 Å². The fourth-order valence-electron chi connectivity index (χ4n) is 2.00. The van der Waals surface area contributed by atoms with Gasteiger partial charge in [-0.15, -0.1) is 0 Å². The highest BCUT2D eigenvalue weighted by atomic mass is 19.4. The number of aromatic amines is 1. The maximum absolute atomic E-state index is 13.0. The van der Waals surface area contributed by atoms with Crippen LogP contribution in [0.1, 0.15) is 29.9 Å². The average molecular weight is 269 g/mol. The van der Waals surface area contributed by atoms with E-state index >= 15 is 0 Å². The van der Waals surface area contributed by atoms with Crippen molar-refractivity contribution >= 4 is 0 Å². The molecule has 1 heterocycles. The number of hydrogen-bond donors (Lipinski definition) is 2. The topological polar surface area (TPSA) is 40.7 Å². The molecule has 2 aromatic rings. The second-order valence-corrected chi connectivity index (χ2v) is 4.05. The third kappa shape index (κ3) is 2.96. The Kier molecular flexibility index (Phi) is 3.90. The van der Waals surface area contributed by atoms with E-state index in [1.807, 2.05) is 6.92 Å². The number of imidazole rings is 1. The van der Waals surface area contributed by atoms with E-state index in [4.69, 9.17) is 0 Å². The summed E-state index contributed by atoms with van der Waals surface area (Å²) in [6.07, 6.45) is -1.26. The lowest BCUT2D eigenvalue weighted by atomic mass is 9.99. The summed E-state index contributed by atoms with van der Waals surface area (Å²) >= 11 is 0. The van der Waals surface area contributed by atoms with Crippen LogP contribution in [0.25, 0.3) is 0 Å². The molecule has 0 spiro atoms. The molecule has 1 atom stereocenters. The summed E-state index contributed by atoms with van der Waals surface area (Å²) < 4.78 is 39.1. The molecule has 3 nitrogen and oxygen atoms in total. The van der Waals surface area contributed by atoms with Gasteiger partial charge in [-0.25, -0.2) is 4.98 Å². The molecule has 1 aromatic heterocycles. The van der Waals surface area contributed by atoms with Gasteiger partial charge in [-0.2, -0.15) is 13.2 Å². The van der Waals surface area contributed by atoms with Crippen LogP contribution >= 0.6 is 0 Å². The lowest BCUT2D eigenvalue weighted by Gasteiger charge is -2.20. The molecule has 0 saturated carbocycles. The van der Waals surface area contributed by atoms with Crippen LogP contribution in [0.4, 0.5) is 13.2 Å². The van der Waals surface area contributed by atoms with Crippen LogP contribution < -0.4 is 5.32 Å². The van der Waals surface area contributed by atoms with E-state index in [1.165, 1.54) is 18.3 Å². The minimum Gasteiger partial charge on any atom is -0.347 e. The largest absolute Gasteiger partial charge is 0.416 e. The standard InChI is InChI=1S/C13H14F3N3/c1-2-17-11(12-18-7-8-19-12)9-5-3-4-6-10(9)13(14,15)16/h3-8,11,17H,2H2,1H3,(H,18,19). The van der Waals surface area contributed by atoms with Crippen molar-refractivity contribution in [2.45, 2.75) is 19.1 Å². The minimum atomic E-state index is -4.38. The van der Waals surface area contributed by atoms with Gasteiger partial charge in [0.1, 0.15) is 5.82 Å². The third-order valence-electron chi connectivity index (χ3n) is 2.78. The summed E-state index contributed by atoms with van der Waals surface area (Å²) in [6.45, 7) is 2.38. The van der Waals surface area contributed by atoms with Crippen molar-refractivity contribution in [2.75, 3.05) is 6.54 Å². The van der Waals surface area contributed by atoms with Crippen LogP contribution in [0.2, 0.25) is 0 Å². The summed E-state index contributed by atoms with van der Waals surface area (Å²) in [5.41, 5.74) is -0.468. The lowest BCUT2D eigenvalue weighted by molar-refractivity contribution is -0.138. The number of rotatable bonds is 4. The maximum atomic E-state index is 13.0. The number of alkyl halides is 3. The Balaban J connectivity index is 2.48. The summed E-state index contributed by atoms with van der Waals surface area (Å²) in [5.74, 6) is 0.471. The number of hydrogen-bond acceptors (Lipinski definition) is 2. The van der Waals surface area contributed by atoms with E-state index in [0.717, 1.165) is 6.07 Å². The monoisotopic (exact) mass is 269 g/mol. The first-order chi connectivity index (χ1) is 9.04. The predicted molar refractivity (Wildman–Crippen MR) is 65.6 cm³/mol. The van der Waals surface area contributed by atoms with Crippen molar-refractivity contribution < 1.29 is 13.2 Å². The van der Waals surface area contributed by atoms with Gasteiger partial charge in [-0.1, -0.05) is 25.1 Å². The first kappa shape index (κ1) is 13.6. The maximum Gasteiger partial charge on any atom is 0.416 e. The first-order valence-corrected chi connectivity index (χ1v) is 5.92. The summed E-state index contributed by atoms with van der Waals surface area (Å²) in [7, 11) is 0. The highest BCUT2D eigenvalue weighted by Crippen LogP contribution is 2.35. The van der Waals surface area contributed by atoms with Gasteiger partial charge in [0.25, 0.3) is 0 Å². The Labute approximate surface area is 108 Å². The molecule has 0 saturated heterocycles. The Hall–Kier alpha value is -1.82. The summed E-state index contributed by atoms with van der Waals surface area (Å²) in [6, 6.07) is 4.94. The van der Waals surface area contributed by atoms with Crippen molar-refractivity contribution in [3.05, 3.63) is 53.6 Å². The molecule has 2 rings (SSSR count). The van der Waals surface area contributed by atoms with E-state index in [2.05, 4.69) is 15.3 Å². The Morgan fingerprint density at radius 1 is 1.32 bits per heavy atom. The van der Waals surface area contributed by atoms with E-state index < -0.39 is 17.8 Å². The van der Waals surface area contributed by atoms with Crippen LogP contribution in [-0.4, -0.2) is 16.5 Å². The lowest BCUT2D eigenvalue weighted by Crippen LogP contribution is -2.26. The SMILES string of the molecule is CCNC(c1ncc[nH]1)c1ccccc1C(F)(F)F. The Morgan fingerprint density at radius 3 is 2.63 bits per heavy atom. The van der Waals surface area contributed by atoms with Crippen LogP contribution in [0.3, 0.4) is 0 Å². The van der Waals surface area contributed by atoms with Crippen molar-refractivity contribution in [2.24, 2.45) is 0 Å².